The van der Waals surface area contributed by atoms with Gasteiger partial charge in [0.05, 0.1) is 12.7 Å². The molecule has 15 heavy (non-hydrogen) atoms. The zero-order valence-corrected chi connectivity index (χ0v) is 8.78. The lowest BCUT2D eigenvalue weighted by atomic mass is 9.99. The Morgan fingerprint density at radius 1 is 1.13 bits per heavy atom. The fourth-order valence-electron chi connectivity index (χ4n) is 1.45. The zero-order valence-electron chi connectivity index (χ0n) is 8.78. The van der Waals surface area contributed by atoms with E-state index >= 15 is 0 Å². The first-order chi connectivity index (χ1) is 6.97. The smallest absolute Gasteiger partial charge is 0.186 e. The molecule has 0 aromatic carbocycles. The minimum atomic E-state index is -1.38. The van der Waals surface area contributed by atoms with Gasteiger partial charge in [0.25, 0.3) is 0 Å². The Labute approximate surface area is 88.1 Å². The van der Waals surface area contributed by atoms with Crippen molar-refractivity contribution in [2.24, 2.45) is 0 Å². The third-order valence-electron chi connectivity index (χ3n) is 2.25. The van der Waals surface area contributed by atoms with Crippen LogP contribution in [0, 0.1) is 0 Å². The van der Waals surface area contributed by atoms with Crippen molar-refractivity contribution in [2.45, 2.75) is 50.7 Å². The Kier molecular flexibility index (Phi) is 4.45. The topological polar surface area (TPSA) is 99.4 Å². The molecule has 1 fully saturated rings. The maximum Gasteiger partial charge on any atom is 0.186 e. The predicted molar refractivity (Wildman–Crippen MR) is 50.0 cm³/mol. The maximum absolute atomic E-state index is 9.53. The van der Waals surface area contributed by atoms with Crippen molar-refractivity contribution in [1.82, 2.24) is 0 Å². The standard InChI is InChI=1S/C9H18O6/c1-4(2)14-9-8(13)7(12)6(11)5(3-10)15-9/h4-13H,3H2,1-2H3/t5-,6+,7+,8-,9-/m1/s1. The van der Waals surface area contributed by atoms with Crippen LogP contribution in [0.1, 0.15) is 13.8 Å². The molecule has 1 aliphatic heterocycles. The highest BCUT2D eigenvalue weighted by atomic mass is 16.7. The summed E-state index contributed by atoms with van der Waals surface area (Å²) < 4.78 is 10.3. The fourth-order valence-corrected chi connectivity index (χ4v) is 1.45. The van der Waals surface area contributed by atoms with Crippen LogP contribution in [-0.2, 0) is 9.47 Å². The van der Waals surface area contributed by atoms with Crippen LogP contribution in [0.15, 0.2) is 0 Å². The Morgan fingerprint density at radius 3 is 2.20 bits per heavy atom. The summed E-state index contributed by atoms with van der Waals surface area (Å²) in [6.07, 6.45) is -6.15. The molecule has 0 aromatic rings. The van der Waals surface area contributed by atoms with E-state index in [4.69, 9.17) is 14.6 Å². The van der Waals surface area contributed by atoms with Gasteiger partial charge in [-0.3, -0.25) is 0 Å². The maximum atomic E-state index is 9.53. The second kappa shape index (κ2) is 5.20. The van der Waals surface area contributed by atoms with Gasteiger partial charge in [-0.2, -0.15) is 0 Å². The molecule has 6 heteroatoms. The summed E-state index contributed by atoms with van der Waals surface area (Å²) in [6, 6.07) is 0. The van der Waals surface area contributed by atoms with Gasteiger partial charge >= 0.3 is 0 Å². The van der Waals surface area contributed by atoms with Crippen LogP contribution < -0.4 is 0 Å². The van der Waals surface area contributed by atoms with Gasteiger partial charge in [0.15, 0.2) is 6.29 Å². The van der Waals surface area contributed by atoms with E-state index in [1.54, 1.807) is 13.8 Å². The number of rotatable bonds is 3. The molecule has 0 radical (unpaired) electrons. The van der Waals surface area contributed by atoms with Crippen molar-refractivity contribution in [2.75, 3.05) is 6.61 Å². The van der Waals surface area contributed by atoms with Crippen LogP contribution >= 0.6 is 0 Å². The zero-order chi connectivity index (χ0) is 11.6. The van der Waals surface area contributed by atoms with Gasteiger partial charge in [0.2, 0.25) is 0 Å². The number of hydrogen-bond donors (Lipinski definition) is 4. The summed E-state index contributed by atoms with van der Waals surface area (Å²) in [6.45, 7) is 3.06. The molecule has 0 aromatic heterocycles. The van der Waals surface area contributed by atoms with Crippen molar-refractivity contribution in [3.8, 4) is 0 Å². The Balaban J connectivity index is 2.65. The van der Waals surface area contributed by atoms with E-state index in [2.05, 4.69) is 0 Å². The average molecular weight is 222 g/mol. The summed E-state index contributed by atoms with van der Waals surface area (Å²) in [5.41, 5.74) is 0. The minimum Gasteiger partial charge on any atom is -0.394 e. The van der Waals surface area contributed by atoms with Gasteiger partial charge < -0.3 is 29.9 Å². The van der Waals surface area contributed by atoms with E-state index in [0.29, 0.717) is 0 Å². The molecule has 6 nitrogen and oxygen atoms in total. The van der Waals surface area contributed by atoms with Crippen LogP contribution in [0.3, 0.4) is 0 Å². The first-order valence-electron chi connectivity index (χ1n) is 4.93. The SMILES string of the molecule is CC(C)O[C@@H]1O[C@H](CO)[C@H](O)[C@H](O)[C@H]1O. The van der Waals surface area contributed by atoms with Gasteiger partial charge in [-0.1, -0.05) is 0 Å². The van der Waals surface area contributed by atoms with Gasteiger partial charge in [0, 0.05) is 0 Å². The molecule has 1 heterocycles. The summed E-state index contributed by atoms with van der Waals surface area (Å²) in [5, 5.41) is 37.3. The second-order valence-corrected chi connectivity index (χ2v) is 3.88. The molecular weight excluding hydrogens is 204 g/mol. The molecule has 4 N–H and O–H groups in total. The van der Waals surface area contributed by atoms with Crippen molar-refractivity contribution in [3.63, 3.8) is 0 Å². The van der Waals surface area contributed by atoms with Crippen LogP contribution in [0.5, 0.6) is 0 Å². The highest BCUT2D eigenvalue weighted by Gasteiger charge is 2.44. The van der Waals surface area contributed by atoms with Gasteiger partial charge in [-0.05, 0) is 13.8 Å². The van der Waals surface area contributed by atoms with Crippen molar-refractivity contribution in [1.29, 1.82) is 0 Å². The molecule has 0 unspecified atom stereocenters. The van der Waals surface area contributed by atoms with Crippen LogP contribution in [-0.4, -0.2) is 63.8 Å². The summed E-state index contributed by atoms with van der Waals surface area (Å²) >= 11 is 0. The van der Waals surface area contributed by atoms with Crippen LogP contribution in [0.4, 0.5) is 0 Å². The normalized spacial score (nSPS) is 42.2. The van der Waals surface area contributed by atoms with E-state index in [9.17, 15) is 15.3 Å². The molecule has 1 aliphatic rings. The molecular formula is C9H18O6. The number of aliphatic hydroxyl groups excluding tert-OH is 4. The molecule has 1 saturated heterocycles. The van der Waals surface area contributed by atoms with Gasteiger partial charge in [0.1, 0.15) is 24.4 Å². The lowest BCUT2D eigenvalue weighted by molar-refractivity contribution is -0.308. The van der Waals surface area contributed by atoms with Gasteiger partial charge in [-0.25, -0.2) is 0 Å². The molecule has 0 bridgehead atoms. The highest BCUT2D eigenvalue weighted by Crippen LogP contribution is 2.22. The number of aliphatic hydroxyl groups is 4. The van der Waals surface area contributed by atoms with E-state index in [-0.39, 0.29) is 6.10 Å². The second-order valence-electron chi connectivity index (χ2n) is 3.88. The minimum absolute atomic E-state index is 0.188. The Hall–Kier alpha value is -0.240. The van der Waals surface area contributed by atoms with E-state index in [1.165, 1.54) is 0 Å². The van der Waals surface area contributed by atoms with Crippen molar-refractivity contribution in [3.05, 3.63) is 0 Å². The molecule has 0 aliphatic carbocycles. The molecule has 5 atom stereocenters. The van der Waals surface area contributed by atoms with Gasteiger partial charge in [-0.15, -0.1) is 0 Å². The Morgan fingerprint density at radius 2 is 1.73 bits per heavy atom. The third-order valence-corrected chi connectivity index (χ3v) is 2.25. The molecule has 0 amide bonds. The van der Waals surface area contributed by atoms with E-state index in [1.807, 2.05) is 0 Å². The average Bonchev–Trinajstić information content (AvgIpc) is 2.18. The van der Waals surface area contributed by atoms with Crippen molar-refractivity contribution < 1.29 is 29.9 Å². The van der Waals surface area contributed by atoms with Crippen LogP contribution in [0.2, 0.25) is 0 Å². The lowest BCUT2D eigenvalue weighted by Crippen LogP contribution is -2.59. The van der Waals surface area contributed by atoms with Crippen molar-refractivity contribution >= 4 is 0 Å². The fraction of sp³-hybridized carbons (Fsp3) is 1.00. The monoisotopic (exact) mass is 222 g/mol. The summed E-state index contributed by atoms with van der Waals surface area (Å²) in [7, 11) is 0. The Bertz CT molecular complexity index is 195. The number of ether oxygens (including phenoxy) is 2. The first kappa shape index (κ1) is 12.8. The van der Waals surface area contributed by atoms with E-state index in [0.717, 1.165) is 0 Å². The third kappa shape index (κ3) is 2.87. The lowest BCUT2D eigenvalue weighted by Gasteiger charge is -2.40. The molecule has 1 rings (SSSR count). The number of hydrogen-bond acceptors (Lipinski definition) is 6. The molecule has 0 spiro atoms. The largest absolute Gasteiger partial charge is 0.394 e. The predicted octanol–water partition coefficient (Wildman–Crippen LogP) is -1.79. The quantitative estimate of drug-likeness (QED) is 0.450. The van der Waals surface area contributed by atoms with Crippen LogP contribution in [0.25, 0.3) is 0 Å². The summed E-state index contributed by atoms with van der Waals surface area (Å²) in [5.74, 6) is 0. The van der Waals surface area contributed by atoms with E-state index < -0.39 is 37.3 Å². The summed E-state index contributed by atoms with van der Waals surface area (Å²) in [4.78, 5) is 0. The first-order valence-corrected chi connectivity index (χ1v) is 4.93. The molecule has 0 saturated carbocycles. The highest BCUT2D eigenvalue weighted by molar-refractivity contribution is 4.88. The molecule has 90 valence electrons.